The molecule has 0 unspecified atom stereocenters. The van der Waals surface area contributed by atoms with Gasteiger partial charge in [-0.2, -0.15) is 0 Å². The summed E-state index contributed by atoms with van der Waals surface area (Å²) >= 11 is 6.49. The minimum absolute atomic E-state index is 0.391. The minimum Gasteiger partial charge on any atom is -0.488 e. The van der Waals surface area contributed by atoms with E-state index in [9.17, 15) is 4.79 Å². The molecular weight excluding hydrogens is 490 g/mol. The van der Waals surface area contributed by atoms with Gasteiger partial charge in [0.25, 0.3) is 0 Å². The van der Waals surface area contributed by atoms with Crippen LogP contribution in [0.15, 0.2) is 57.8 Å². The lowest BCUT2D eigenvalue weighted by Gasteiger charge is -2.15. The molecule has 6 rings (SSSR count). The van der Waals surface area contributed by atoms with E-state index in [1.165, 1.54) is 0 Å². The normalized spacial score (nSPS) is 14.2. The summed E-state index contributed by atoms with van der Waals surface area (Å²) in [5.41, 5.74) is 8.10. The zero-order valence-electron chi connectivity index (χ0n) is 20.6. The molecule has 2 aromatic carbocycles. The molecule has 37 heavy (non-hydrogen) atoms. The summed E-state index contributed by atoms with van der Waals surface area (Å²) in [6, 6.07) is 16.1. The molecule has 0 saturated heterocycles. The van der Waals surface area contributed by atoms with Crippen molar-refractivity contribution in [1.29, 1.82) is 0 Å². The van der Waals surface area contributed by atoms with Gasteiger partial charge in [0.15, 0.2) is 11.5 Å². The highest BCUT2D eigenvalue weighted by Crippen LogP contribution is 2.41. The fraction of sp³-hybridized carbons (Fsp3) is 0.214. The molecule has 1 aliphatic rings. The van der Waals surface area contributed by atoms with Crippen LogP contribution in [-0.4, -0.2) is 24.7 Å². The second-order valence-corrected chi connectivity index (χ2v) is 9.51. The first-order valence-corrected chi connectivity index (χ1v) is 12.4. The third-order valence-corrected chi connectivity index (χ3v) is 6.96. The Morgan fingerprint density at radius 1 is 1.14 bits per heavy atom. The SMILES string of the molecule is CCc1nc2c(Cl)cc(C)nc2n1Cc1ccc2c(c1)OCc1ccccc1/C2=C(/C)c1noc(=O)[nH]1. The monoisotopic (exact) mass is 513 g/mol. The van der Waals surface area contributed by atoms with Crippen LogP contribution >= 0.6 is 11.6 Å². The van der Waals surface area contributed by atoms with Crippen molar-refractivity contribution in [2.24, 2.45) is 0 Å². The Hall–Kier alpha value is -4.17. The van der Waals surface area contributed by atoms with E-state index in [1.807, 2.05) is 38.1 Å². The largest absolute Gasteiger partial charge is 0.488 e. The number of aryl methyl sites for hydroxylation is 2. The molecule has 0 aliphatic carbocycles. The molecule has 186 valence electrons. The number of aromatic amines is 1. The molecule has 0 amide bonds. The number of H-pyrrole nitrogens is 1. The molecule has 0 fully saturated rings. The van der Waals surface area contributed by atoms with Gasteiger partial charge in [-0.1, -0.05) is 60.1 Å². The fourth-order valence-corrected chi connectivity index (χ4v) is 5.21. The molecule has 3 aromatic heterocycles. The molecule has 5 aromatic rings. The zero-order chi connectivity index (χ0) is 25.7. The summed E-state index contributed by atoms with van der Waals surface area (Å²) in [7, 11) is 0. The second kappa shape index (κ2) is 9.05. The van der Waals surface area contributed by atoms with Gasteiger partial charge in [0, 0.05) is 23.3 Å². The van der Waals surface area contributed by atoms with Crippen LogP contribution in [0.4, 0.5) is 0 Å². The van der Waals surface area contributed by atoms with Gasteiger partial charge in [-0.15, -0.1) is 0 Å². The number of benzene rings is 2. The van der Waals surface area contributed by atoms with E-state index in [0.29, 0.717) is 29.5 Å². The molecule has 4 heterocycles. The highest BCUT2D eigenvalue weighted by atomic mass is 35.5. The van der Waals surface area contributed by atoms with Crippen molar-refractivity contribution in [2.45, 2.75) is 40.3 Å². The summed E-state index contributed by atoms with van der Waals surface area (Å²) in [4.78, 5) is 23.8. The van der Waals surface area contributed by atoms with E-state index in [2.05, 4.69) is 45.9 Å². The number of ether oxygens (including phenoxy) is 1. The van der Waals surface area contributed by atoms with Crippen molar-refractivity contribution in [3.8, 4) is 5.75 Å². The molecule has 9 heteroatoms. The summed E-state index contributed by atoms with van der Waals surface area (Å²) in [5, 5.41) is 4.53. The smallest absolute Gasteiger partial charge is 0.439 e. The quantitative estimate of drug-likeness (QED) is 0.338. The number of hydrogen-bond acceptors (Lipinski definition) is 6. The molecule has 0 saturated carbocycles. The van der Waals surface area contributed by atoms with Crippen LogP contribution in [0.1, 0.15) is 53.4 Å². The number of rotatable bonds is 4. The molecule has 1 N–H and O–H groups in total. The number of fused-ring (bicyclic) bond motifs is 3. The van der Waals surface area contributed by atoms with Crippen molar-refractivity contribution in [1.82, 2.24) is 24.7 Å². The van der Waals surface area contributed by atoms with E-state index in [4.69, 9.17) is 30.8 Å². The van der Waals surface area contributed by atoms with Crippen molar-refractivity contribution < 1.29 is 9.26 Å². The van der Waals surface area contributed by atoms with Crippen molar-refractivity contribution in [3.63, 3.8) is 0 Å². The highest BCUT2D eigenvalue weighted by molar-refractivity contribution is 6.34. The number of hydrogen-bond donors (Lipinski definition) is 1. The van der Waals surface area contributed by atoms with Crippen molar-refractivity contribution >= 4 is 33.9 Å². The first kappa shape index (κ1) is 23.2. The zero-order valence-corrected chi connectivity index (χ0v) is 21.4. The summed E-state index contributed by atoms with van der Waals surface area (Å²) in [5.74, 6) is 1.47. The molecule has 0 radical (unpaired) electrons. The molecule has 0 spiro atoms. The number of halogens is 1. The standard InChI is InChI=1S/C28H24ClN5O3/c1-4-23-31-25-21(29)11-15(2)30-27(25)34(23)13-17-9-10-20-22(12-17)36-14-18-7-5-6-8-19(18)24(20)16(3)26-32-28(35)37-33-26/h5-12H,4,13-14H2,1-3H3,(H,32,33,35)/b24-16+. The van der Waals surface area contributed by atoms with Gasteiger partial charge >= 0.3 is 5.76 Å². The first-order valence-electron chi connectivity index (χ1n) is 12.1. The number of imidazole rings is 1. The summed E-state index contributed by atoms with van der Waals surface area (Å²) in [6.07, 6.45) is 0.754. The third-order valence-electron chi connectivity index (χ3n) is 6.68. The fourth-order valence-electron chi connectivity index (χ4n) is 4.93. The van der Waals surface area contributed by atoms with Gasteiger partial charge in [-0.25, -0.2) is 14.8 Å². The Labute approximate surface area is 217 Å². The van der Waals surface area contributed by atoms with Gasteiger partial charge in [-0.05, 0) is 48.2 Å². The van der Waals surface area contributed by atoms with Gasteiger partial charge in [0.1, 0.15) is 23.7 Å². The second-order valence-electron chi connectivity index (χ2n) is 9.11. The van der Waals surface area contributed by atoms with E-state index >= 15 is 0 Å². The topological polar surface area (TPSA) is 98.8 Å². The number of nitrogens with one attached hydrogen (secondary N) is 1. The average Bonchev–Trinajstić information content (AvgIpc) is 3.43. The maximum atomic E-state index is 11.7. The average molecular weight is 514 g/mol. The Morgan fingerprint density at radius 3 is 2.76 bits per heavy atom. The van der Waals surface area contributed by atoms with Crippen LogP contribution in [0.3, 0.4) is 0 Å². The van der Waals surface area contributed by atoms with E-state index in [-0.39, 0.29) is 0 Å². The molecule has 8 nitrogen and oxygen atoms in total. The van der Waals surface area contributed by atoms with Crippen LogP contribution in [0, 0.1) is 6.92 Å². The Bertz CT molecular complexity index is 1760. The number of allylic oxidation sites excluding steroid dienone is 1. The first-order chi connectivity index (χ1) is 17.9. The summed E-state index contributed by atoms with van der Waals surface area (Å²) < 4.78 is 13.2. The summed E-state index contributed by atoms with van der Waals surface area (Å²) in [6.45, 7) is 6.92. The molecular formula is C28H24ClN5O3. The van der Waals surface area contributed by atoms with Crippen LogP contribution in [-0.2, 0) is 19.6 Å². The highest BCUT2D eigenvalue weighted by Gasteiger charge is 2.24. The lowest BCUT2D eigenvalue weighted by molar-refractivity contribution is 0.307. The maximum absolute atomic E-state index is 11.7. The van der Waals surface area contributed by atoms with Gasteiger partial charge in [0.05, 0.1) is 11.6 Å². The lowest BCUT2D eigenvalue weighted by Crippen LogP contribution is -2.06. The minimum atomic E-state index is -0.591. The van der Waals surface area contributed by atoms with Gasteiger partial charge in [0.2, 0.25) is 0 Å². The van der Waals surface area contributed by atoms with Crippen LogP contribution < -0.4 is 10.5 Å². The number of pyridine rings is 1. The van der Waals surface area contributed by atoms with E-state index in [0.717, 1.165) is 62.7 Å². The van der Waals surface area contributed by atoms with Crippen LogP contribution in [0.5, 0.6) is 5.75 Å². The van der Waals surface area contributed by atoms with Crippen molar-refractivity contribution in [3.05, 3.63) is 104 Å². The predicted molar refractivity (Wildman–Crippen MR) is 142 cm³/mol. The lowest BCUT2D eigenvalue weighted by atomic mass is 9.90. The number of nitrogens with zero attached hydrogens (tertiary/aromatic N) is 4. The van der Waals surface area contributed by atoms with Crippen molar-refractivity contribution in [2.75, 3.05) is 0 Å². The Kier molecular flexibility index (Phi) is 5.68. The van der Waals surface area contributed by atoms with Gasteiger partial charge < -0.3 is 9.30 Å². The molecule has 0 bridgehead atoms. The van der Waals surface area contributed by atoms with Crippen LogP contribution in [0.2, 0.25) is 5.02 Å². The maximum Gasteiger partial charge on any atom is 0.439 e. The third kappa shape index (κ3) is 4.03. The Morgan fingerprint density at radius 2 is 1.97 bits per heavy atom. The molecule has 0 atom stereocenters. The predicted octanol–water partition coefficient (Wildman–Crippen LogP) is 5.55. The Balaban J connectivity index is 1.49. The molecule has 1 aliphatic heterocycles. The number of aromatic nitrogens is 5. The van der Waals surface area contributed by atoms with E-state index < -0.39 is 5.76 Å². The van der Waals surface area contributed by atoms with E-state index in [1.54, 1.807) is 0 Å². The van der Waals surface area contributed by atoms with Gasteiger partial charge in [-0.3, -0.25) is 9.51 Å². The van der Waals surface area contributed by atoms with Crippen LogP contribution in [0.25, 0.3) is 22.3 Å².